The molecule has 1 saturated heterocycles. The Bertz CT molecular complexity index is 1290. The highest BCUT2D eigenvalue weighted by Gasteiger charge is 2.36. The molecule has 0 N–H and O–H groups in total. The Kier molecular flexibility index (Phi) is 4.38. The van der Waals surface area contributed by atoms with Crippen LogP contribution in [0.2, 0.25) is 5.02 Å². The van der Waals surface area contributed by atoms with E-state index >= 15 is 0 Å². The molecule has 1 heterocycles. The number of anilines is 1. The van der Waals surface area contributed by atoms with Crippen molar-refractivity contribution in [1.29, 1.82) is 0 Å². The first-order valence-electron chi connectivity index (χ1n) is 9.06. The van der Waals surface area contributed by atoms with Crippen LogP contribution in [0.15, 0.2) is 83.8 Å². The maximum absolute atomic E-state index is 13.1. The maximum atomic E-state index is 13.1. The second kappa shape index (κ2) is 7.07. The second-order valence-electron chi connectivity index (χ2n) is 6.73. The van der Waals surface area contributed by atoms with Gasteiger partial charge in [0.1, 0.15) is 0 Å². The molecule has 0 unspecified atom stereocenters. The van der Waals surface area contributed by atoms with Crippen molar-refractivity contribution >= 4 is 67.8 Å². The van der Waals surface area contributed by atoms with E-state index in [1.54, 1.807) is 24.3 Å². The highest BCUT2D eigenvalue weighted by molar-refractivity contribution is 8.19. The number of carbonyl (C=O) groups is 2. The maximum Gasteiger partial charge on any atom is 0.298 e. The molecule has 5 heteroatoms. The Morgan fingerprint density at radius 2 is 1.45 bits per heavy atom. The van der Waals surface area contributed by atoms with Gasteiger partial charge in [0, 0.05) is 5.02 Å². The van der Waals surface area contributed by atoms with Crippen molar-refractivity contribution in [2.45, 2.75) is 0 Å². The van der Waals surface area contributed by atoms with E-state index in [2.05, 4.69) is 18.2 Å². The lowest BCUT2D eigenvalue weighted by Gasteiger charge is -2.12. The van der Waals surface area contributed by atoms with Gasteiger partial charge in [-0.05, 0) is 69.2 Å². The molecule has 0 atom stereocenters. The molecular weight excluding hydrogens is 402 g/mol. The normalized spacial score (nSPS) is 15.8. The molecule has 0 saturated carbocycles. The molecule has 140 valence electrons. The second-order valence-corrected chi connectivity index (χ2v) is 8.16. The van der Waals surface area contributed by atoms with Gasteiger partial charge >= 0.3 is 0 Å². The predicted molar refractivity (Wildman–Crippen MR) is 121 cm³/mol. The minimum absolute atomic E-state index is 0.326. The number of fused-ring (bicyclic) bond motifs is 2. The van der Waals surface area contributed by atoms with Crippen LogP contribution in [-0.2, 0) is 4.79 Å². The van der Waals surface area contributed by atoms with Crippen LogP contribution in [0.3, 0.4) is 0 Å². The lowest BCUT2D eigenvalue weighted by molar-refractivity contribution is -0.113. The molecule has 5 rings (SSSR count). The Labute approximate surface area is 176 Å². The number of halogens is 1. The van der Waals surface area contributed by atoms with Gasteiger partial charge in [-0.2, -0.15) is 0 Å². The number of nitrogens with zero attached hydrogens (tertiary/aromatic N) is 1. The van der Waals surface area contributed by atoms with E-state index in [4.69, 9.17) is 11.6 Å². The van der Waals surface area contributed by atoms with Crippen LogP contribution in [0.4, 0.5) is 10.5 Å². The molecule has 2 amide bonds. The fourth-order valence-corrected chi connectivity index (χ4v) is 4.65. The summed E-state index contributed by atoms with van der Waals surface area (Å²) in [6.07, 6.45) is 1.83. The van der Waals surface area contributed by atoms with Crippen LogP contribution in [0.1, 0.15) is 5.56 Å². The third-order valence-electron chi connectivity index (χ3n) is 4.95. The summed E-state index contributed by atoms with van der Waals surface area (Å²) in [6, 6.07) is 25.0. The SMILES string of the molecule is O=C1S/C(=C\c2c3ccccc3cc3ccccc23)C(=O)N1c1cccc(Cl)c1. The quantitative estimate of drug-likeness (QED) is 0.264. The van der Waals surface area contributed by atoms with Gasteiger partial charge in [-0.1, -0.05) is 66.2 Å². The molecule has 0 aromatic heterocycles. The predicted octanol–water partition coefficient (Wildman–Crippen LogP) is 6.89. The molecule has 1 aliphatic rings. The van der Waals surface area contributed by atoms with Crippen molar-refractivity contribution in [3.05, 3.63) is 94.4 Å². The molecular formula is C24H14ClNO2S. The van der Waals surface area contributed by atoms with Crippen molar-refractivity contribution < 1.29 is 9.59 Å². The molecule has 1 fully saturated rings. The summed E-state index contributed by atoms with van der Waals surface area (Å²) in [5, 5.41) is 4.41. The minimum atomic E-state index is -0.334. The Hall–Kier alpha value is -3.08. The number of rotatable bonds is 2. The van der Waals surface area contributed by atoms with Crippen LogP contribution in [0.25, 0.3) is 27.6 Å². The van der Waals surface area contributed by atoms with E-state index in [9.17, 15) is 9.59 Å². The highest BCUT2D eigenvalue weighted by atomic mass is 35.5. The molecule has 0 bridgehead atoms. The summed E-state index contributed by atoms with van der Waals surface area (Å²) in [5.74, 6) is -0.334. The van der Waals surface area contributed by atoms with Crippen molar-refractivity contribution in [2.24, 2.45) is 0 Å². The number of carbonyl (C=O) groups excluding carboxylic acids is 2. The van der Waals surface area contributed by atoms with E-state index in [0.29, 0.717) is 15.6 Å². The summed E-state index contributed by atoms with van der Waals surface area (Å²) < 4.78 is 0. The Morgan fingerprint density at radius 3 is 2.10 bits per heavy atom. The monoisotopic (exact) mass is 415 g/mol. The Morgan fingerprint density at radius 1 is 0.793 bits per heavy atom. The fourth-order valence-electron chi connectivity index (χ4n) is 3.64. The van der Waals surface area contributed by atoms with Crippen molar-refractivity contribution in [3.8, 4) is 0 Å². The van der Waals surface area contributed by atoms with E-state index in [1.807, 2.05) is 42.5 Å². The smallest absolute Gasteiger partial charge is 0.268 e. The standard InChI is InChI=1S/C24H14ClNO2S/c25-17-8-5-9-18(13-17)26-23(27)22(29-24(26)28)14-21-19-10-3-1-6-15(19)12-16-7-2-4-11-20(16)21/h1-14H/b22-14-. The molecule has 0 radical (unpaired) electrons. The first-order valence-corrected chi connectivity index (χ1v) is 10.3. The van der Waals surface area contributed by atoms with Gasteiger partial charge in [0.05, 0.1) is 10.6 Å². The van der Waals surface area contributed by atoms with Crippen molar-refractivity contribution in [1.82, 2.24) is 0 Å². The highest BCUT2D eigenvalue weighted by Crippen LogP contribution is 2.38. The first-order chi connectivity index (χ1) is 14.1. The summed E-state index contributed by atoms with van der Waals surface area (Å²) in [7, 11) is 0. The molecule has 3 nitrogen and oxygen atoms in total. The lowest BCUT2D eigenvalue weighted by atomic mass is 9.96. The lowest BCUT2D eigenvalue weighted by Crippen LogP contribution is -2.27. The number of hydrogen-bond acceptors (Lipinski definition) is 3. The summed E-state index contributed by atoms with van der Waals surface area (Å²) in [4.78, 5) is 27.3. The van der Waals surface area contributed by atoms with Gasteiger partial charge in [0.25, 0.3) is 11.1 Å². The van der Waals surface area contributed by atoms with Crippen molar-refractivity contribution in [2.75, 3.05) is 4.90 Å². The first kappa shape index (κ1) is 18.0. The van der Waals surface area contributed by atoms with Crippen LogP contribution in [0, 0.1) is 0 Å². The summed E-state index contributed by atoms with van der Waals surface area (Å²) in [6.45, 7) is 0. The summed E-state index contributed by atoms with van der Waals surface area (Å²) >= 11 is 6.99. The zero-order chi connectivity index (χ0) is 20.0. The number of hydrogen-bond donors (Lipinski definition) is 0. The van der Waals surface area contributed by atoms with Gasteiger partial charge in [0.2, 0.25) is 0 Å². The van der Waals surface area contributed by atoms with E-state index in [-0.39, 0.29) is 11.1 Å². The number of thioether (sulfide) groups is 1. The Balaban J connectivity index is 1.68. The van der Waals surface area contributed by atoms with Gasteiger partial charge < -0.3 is 0 Å². The van der Waals surface area contributed by atoms with Gasteiger partial charge in [-0.15, -0.1) is 0 Å². The molecule has 1 aliphatic heterocycles. The topological polar surface area (TPSA) is 37.4 Å². The molecule has 0 aliphatic carbocycles. The third-order valence-corrected chi connectivity index (χ3v) is 6.05. The van der Waals surface area contributed by atoms with Crippen LogP contribution in [0.5, 0.6) is 0 Å². The van der Waals surface area contributed by atoms with E-state index < -0.39 is 0 Å². The number of amides is 2. The zero-order valence-corrected chi connectivity index (χ0v) is 16.7. The number of benzene rings is 4. The van der Waals surface area contributed by atoms with Gasteiger partial charge in [-0.3, -0.25) is 9.59 Å². The number of imide groups is 1. The molecule has 29 heavy (non-hydrogen) atoms. The van der Waals surface area contributed by atoms with E-state index in [1.165, 1.54) is 4.90 Å². The molecule has 4 aromatic rings. The van der Waals surface area contributed by atoms with Crippen LogP contribution in [-0.4, -0.2) is 11.1 Å². The fraction of sp³-hybridized carbons (Fsp3) is 0. The van der Waals surface area contributed by atoms with E-state index in [0.717, 1.165) is 38.9 Å². The van der Waals surface area contributed by atoms with Crippen molar-refractivity contribution in [3.63, 3.8) is 0 Å². The molecule has 0 spiro atoms. The van der Waals surface area contributed by atoms with Gasteiger partial charge in [-0.25, -0.2) is 4.90 Å². The average molecular weight is 416 g/mol. The largest absolute Gasteiger partial charge is 0.298 e. The van der Waals surface area contributed by atoms with Crippen LogP contribution < -0.4 is 4.90 Å². The summed E-state index contributed by atoms with van der Waals surface area (Å²) in [5.41, 5.74) is 1.42. The van der Waals surface area contributed by atoms with Crippen LogP contribution >= 0.6 is 23.4 Å². The zero-order valence-electron chi connectivity index (χ0n) is 15.1. The van der Waals surface area contributed by atoms with Gasteiger partial charge in [0.15, 0.2) is 0 Å². The third kappa shape index (κ3) is 3.11. The molecule has 4 aromatic carbocycles. The minimum Gasteiger partial charge on any atom is -0.268 e. The average Bonchev–Trinajstić information content (AvgIpc) is 3.01.